The maximum Gasteiger partial charge on any atom is 0.0591 e. The Morgan fingerprint density at radius 1 is 1.07 bits per heavy atom. The van der Waals surface area contributed by atoms with Crippen molar-refractivity contribution in [1.82, 2.24) is 5.32 Å². The average Bonchev–Trinajstić information content (AvgIpc) is 2.52. The van der Waals surface area contributed by atoms with Gasteiger partial charge in [0, 0.05) is 19.2 Å². The van der Waals surface area contributed by atoms with E-state index >= 15 is 0 Å². The normalized spacial score (nSPS) is 23.0. The lowest BCUT2D eigenvalue weighted by atomic mass is 10.0. The minimum atomic E-state index is 0.441. The highest BCUT2D eigenvalue weighted by molar-refractivity contribution is 5.17. The summed E-state index contributed by atoms with van der Waals surface area (Å²) in [6.07, 6.45) is 2.40. The number of unbranched alkanes of at least 4 members (excludes halogenated alkanes) is 1. The maximum atomic E-state index is 5.53. The molecule has 1 aliphatic rings. The number of hydrogen-bond acceptors (Lipinski definition) is 2. The van der Waals surface area contributed by atoms with E-state index in [1.165, 1.54) is 12.8 Å². The molecular weight excluding hydrogens is 186 g/mol. The molecule has 0 unspecified atom stereocenters. The van der Waals surface area contributed by atoms with Gasteiger partial charge in [-0.25, -0.2) is 0 Å². The quantitative estimate of drug-likeness (QED) is 0.657. The molecule has 90 valence electrons. The van der Waals surface area contributed by atoms with E-state index in [0.29, 0.717) is 16.9 Å². The third-order valence-corrected chi connectivity index (χ3v) is 4.26. The van der Waals surface area contributed by atoms with Crippen LogP contribution < -0.4 is 5.32 Å². The van der Waals surface area contributed by atoms with Gasteiger partial charge in [0.05, 0.1) is 6.61 Å². The lowest BCUT2D eigenvalue weighted by Gasteiger charge is -2.07. The molecule has 0 saturated heterocycles. The summed E-state index contributed by atoms with van der Waals surface area (Å²) in [5, 5.41) is 3.59. The van der Waals surface area contributed by atoms with E-state index in [0.717, 1.165) is 19.8 Å². The van der Waals surface area contributed by atoms with Crippen LogP contribution in [0.5, 0.6) is 0 Å². The minimum Gasteiger partial charge on any atom is -0.380 e. The van der Waals surface area contributed by atoms with Crippen LogP contribution in [0.1, 0.15) is 47.5 Å². The fourth-order valence-corrected chi connectivity index (χ4v) is 2.33. The second-order valence-corrected chi connectivity index (χ2v) is 5.80. The molecule has 0 bridgehead atoms. The van der Waals surface area contributed by atoms with Crippen LogP contribution in [-0.4, -0.2) is 25.8 Å². The highest BCUT2D eigenvalue weighted by Gasteiger charge is 2.64. The van der Waals surface area contributed by atoms with Gasteiger partial charge in [-0.05, 0) is 17.3 Å². The fraction of sp³-hybridized carbons (Fsp3) is 1.00. The van der Waals surface area contributed by atoms with Crippen molar-refractivity contribution >= 4 is 0 Å². The summed E-state index contributed by atoms with van der Waals surface area (Å²) in [7, 11) is 0. The molecule has 0 amide bonds. The SMILES string of the molecule is CCCCOCCNC1C(C)(C)C1(C)C. The summed E-state index contributed by atoms with van der Waals surface area (Å²) in [6, 6.07) is 0.653. The van der Waals surface area contributed by atoms with Crippen LogP contribution in [0.25, 0.3) is 0 Å². The summed E-state index contributed by atoms with van der Waals surface area (Å²) in [6.45, 7) is 14.3. The summed E-state index contributed by atoms with van der Waals surface area (Å²) >= 11 is 0. The summed E-state index contributed by atoms with van der Waals surface area (Å²) in [4.78, 5) is 0. The molecule has 2 heteroatoms. The molecule has 1 N–H and O–H groups in total. The number of ether oxygens (including phenoxy) is 1. The Kier molecular flexibility index (Phi) is 4.19. The molecule has 0 aromatic carbocycles. The van der Waals surface area contributed by atoms with E-state index in [9.17, 15) is 0 Å². The predicted octanol–water partition coefficient (Wildman–Crippen LogP) is 2.83. The Morgan fingerprint density at radius 2 is 1.67 bits per heavy atom. The van der Waals surface area contributed by atoms with Gasteiger partial charge in [-0.1, -0.05) is 41.0 Å². The summed E-state index contributed by atoms with van der Waals surface area (Å²) in [5.74, 6) is 0. The zero-order chi connectivity index (χ0) is 11.5. The molecule has 0 aliphatic heterocycles. The third-order valence-electron chi connectivity index (χ3n) is 4.26. The smallest absolute Gasteiger partial charge is 0.0591 e. The van der Waals surface area contributed by atoms with Crippen molar-refractivity contribution in [1.29, 1.82) is 0 Å². The molecule has 1 rings (SSSR count). The Bertz CT molecular complexity index is 185. The highest BCUT2D eigenvalue weighted by atomic mass is 16.5. The van der Waals surface area contributed by atoms with E-state index in [2.05, 4.69) is 39.9 Å². The molecule has 1 fully saturated rings. The standard InChI is InChI=1S/C13H27NO/c1-6-7-9-15-10-8-14-11-12(2,3)13(11,4)5/h11,14H,6-10H2,1-5H3. The largest absolute Gasteiger partial charge is 0.380 e. The molecule has 1 aliphatic carbocycles. The Hall–Kier alpha value is -0.0800. The predicted molar refractivity (Wildman–Crippen MR) is 65.1 cm³/mol. The second-order valence-electron chi connectivity index (χ2n) is 5.80. The number of hydrogen-bond donors (Lipinski definition) is 1. The van der Waals surface area contributed by atoms with Crippen LogP contribution in [0.4, 0.5) is 0 Å². The monoisotopic (exact) mass is 213 g/mol. The minimum absolute atomic E-state index is 0.441. The van der Waals surface area contributed by atoms with Crippen LogP contribution >= 0.6 is 0 Å². The van der Waals surface area contributed by atoms with Crippen molar-refractivity contribution in [3.8, 4) is 0 Å². The van der Waals surface area contributed by atoms with E-state index in [-0.39, 0.29) is 0 Å². The average molecular weight is 213 g/mol. The van der Waals surface area contributed by atoms with Crippen molar-refractivity contribution in [2.75, 3.05) is 19.8 Å². The van der Waals surface area contributed by atoms with Crippen LogP contribution in [0.3, 0.4) is 0 Å². The van der Waals surface area contributed by atoms with Gasteiger partial charge in [-0.2, -0.15) is 0 Å². The van der Waals surface area contributed by atoms with E-state index < -0.39 is 0 Å². The lowest BCUT2D eigenvalue weighted by Crippen LogP contribution is -2.26. The van der Waals surface area contributed by atoms with Gasteiger partial charge in [0.15, 0.2) is 0 Å². The van der Waals surface area contributed by atoms with Gasteiger partial charge >= 0.3 is 0 Å². The van der Waals surface area contributed by atoms with Crippen molar-refractivity contribution < 1.29 is 4.74 Å². The Labute approximate surface area is 94.8 Å². The Balaban J connectivity index is 2.03. The van der Waals surface area contributed by atoms with Crippen LogP contribution in [0.15, 0.2) is 0 Å². The zero-order valence-corrected chi connectivity index (χ0v) is 11.0. The first kappa shape index (κ1) is 13.0. The van der Waals surface area contributed by atoms with Crippen molar-refractivity contribution in [2.24, 2.45) is 10.8 Å². The molecule has 0 atom stereocenters. The number of nitrogens with one attached hydrogen (secondary N) is 1. The first-order valence-electron chi connectivity index (χ1n) is 6.25. The van der Waals surface area contributed by atoms with Crippen LogP contribution in [0, 0.1) is 10.8 Å². The molecule has 0 aromatic heterocycles. The maximum absolute atomic E-state index is 5.53. The number of rotatable bonds is 7. The van der Waals surface area contributed by atoms with Gasteiger partial charge in [0.25, 0.3) is 0 Å². The van der Waals surface area contributed by atoms with E-state index in [1.807, 2.05) is 0 Å². The van der Waals surface area contributed by atoms with Gasteiger partial charge in [-0.15, -0.1) is 0 Å². The van der Waals surface area contributed by atoms with Crippen molar-refractivity contribution in [2.45, 2.75) is 53.5 Å². The molecule has 1 saturated carbocycles. The lowest BCUT2D eigenvalue weighted by molar-refractivity contribution is 0.132. The van der Waals surface area contributed by atoms with Crippen LogP contribution in [-0.2, 0) is 4.74 Å². The first-order valence-corrected chi connectivity index (χ1v) is 6.25. The summed E-state index contributed by atoms with van der Waals surface area (Å²) < 4.78 is 5.53. The van der Waals surface area contributed by atoms with Crippen molar-refractivity contribution in [3.05, 3.63) is 0 Å². The molecule has 15 heavy (non-hydrogen) atoms. The molecule has 2 nitrogen and oxygen atoms in total. The van der Waals surface area contributed by atoms with Crippen molar-refractivity contribution in [3.63, 3.8) is 0 Å². The first-order chi connectivity index (χ1) is 6.94. The van der Waals surface area contributed by atoms with Gasteiger partial charge in [0.1, 0.15) is 0 Å². The fourth-order valence-electron chi connectivity index (χ4n) is 2.33. The summed E-state index contributed by atoms with van der Waals surface area (Å²) in [5.41, 5.74) is 0.882. The van der Waals surface area contributed by atoms with Gasteiger partial charge in [-0.3, -0.25) is 0 Å². The zero-order valence-electron chi connectivity index (χ0n) is 11.0. The molecule has 0 aromatic rings. The Morgan fingerprint density at radius 3 is 2.13 bits per heavy atom. The molecular formula is C13H27NO. The highest BCUT2D eigenvalue weighted by Crippen LogP contribution is 2.62. The van der Waals surface area contributed by atoms with E-state index in [4.69, 9.17) is 4.74 Å². The van der Waals surface area contributed by atoms with Gasteiger partial charge in [0.2, 0.25) is 0 Å². The van der Waals surface area contributed by atoms with Crippen LogP contribution in [0.2, 0.25) is 0 Å². The second kappa shape index (κ2) is 4.84. The molecule has 0 heterocycles. The molecule has 0 radical (unpaired) electrons. The topological polar surface area (TPSA) is 21.3 Å². The molecule has 0 spiro atoms. The van der Waals surface area contributed by atoms with Gasteiger partial charge < -0.3 is 10.1 Å². The van der Waals surface area contributed by atoms with E-state index in [1.54, 1.807) is 0 Å². The third kappa shape index (κ3) is 2.73.